The number of fused-ring (bicyclic) bond motifs is 1. The zero-order valence-corrected chi connectivity index (χ0v) is 13.2. The van der Waals surface area contributed by atoms with E-state index in [0.29, 0.717) is 5.92 Å². The van der Waals surface area contributed by atoms with Crippen LogP contribution in [0.3, 0.4) is 0 Å². The van der Waals surface area contributed by atoms with Gasteiger partial charge in [-0.1, -0.05) is 25.1 Å². The Bertz CT molecular complexity index is 698. The van der Waals surface area contributed by atoms with Gasteiger partial charge < -0.3 is 9.64 Å². The fourth-order valence-electron chi connectivity index (χ4n) is 3.74. The second-order valence-corrected chi connectivity index (χ2v) is 6.50. The molecule has 0 spiro atoms. The molecule has 5 heteroatoms. The molecule has 0 aliphatic carbocycles. The Morgan fingerprint density at radius 2 is 2.22 bits per heavy atom. The first-order chi connectivity index (χ1) is 11.2. The number of likely N-dealkylation sites (tertiary alicyclic amines) is 1. The number of carbonyl (C=O) groups excluding carboxylic acids is 1. The third-order valence-corrected chi connectivity index (χ3v) is 5.06. The van der Waals surface area contributed by atoms with Crippen LogP contribution < -0.4 is 4.74 Å². The van der Waals surface area contributed by atoms with E-state index < -0.39 is 6.10 Å². The Morgan fingerprint density at radius 1 is 1.35 bits per heavy atom. The number of nitrogens with one attached hydrogen (secondary N) is 1. The zero-order valence-electron chi connectivity index (χ0n) is 13.2. The minimum atomic E-state index is -0.395. The van der Waals surface area contributed by atoms with Crippen molar-refractivity contribution in [1.82, 2.24) is 15.1 Å². The Balaban J connectivity index is 1.49. The minimum absolute atomic E-state index is 0.103. The molecule has 2 aliphatic heterocycles. The first-order valence-corrected chi connectivity index (χ1v) is 8.27. The molecular formula is C18H21N3O2. The molecule has 2 aromatic rings. The molecule has 5 nitrogen and oxygen atoms in total. The highest BCUT2D eigenvalue weighted by atomic mass is 16.5. The molecule has 4 rings (SSSR count). The van der Waals surface area contributed by atoms with Crippen molar-refractivity contribution in [2.75, 3.05) is 13.1 Å². The summed E-state index contributed by atoms with van der Waals surface area (Å²) in [7, 11) is 0. The topological polar surface area (TPSA) is 58.2 Å². The van der Waals surface area contributed by atoms with Gasteiger partial charge in [0.1, 0.15) is 5.75 Å². The number of ether oxygens (including phenoxy) is 1. The molecule has 23 heavy (non-hydrogen) atoms. The van der Waals surface area contributed by atoms with E-state index in [9.17, 15) is 4.79 Å². The summed E-state index contributed by atoms with van der Waals surface area (Å²) in [4.78, 5) is 14.9. The molecule has 120 valence electrons. The van der Waals surface area contributed by atoms with Crippen molar-refractivity contribution in [2.45, 2.75) is 37.7 Å². The summed E-state index contributed by atoms with van der Waals surface area (Å²) in [6.45, 7) is 3.63. The molecule has 0 radical (unpaired) electrons. The van der Waals surface area contributed by atoms with E-state index in [-0.39, 0.29) is 11.8 Å². The van der Waals surface area contributed by atoms with Gasteiger partial charge in [-0.15, -0.1) is 0 Å². The minimum Gasteiger partial charge on any atom is -0.480 e. The lowest BCUT2D eigenvalue weighted by Gasteiger charge is -2.34. The Kier molecular flexibility index (Phi) is 3.56. The van der Waals surface area contributed by atoms with E-state index in [1.165, 1.54) is 0 Å². The number of amides is 1. The first-order valence-electron chi connectivity index (χ1n) is 8.27. The third-order valence-electron chi connectivity index (χ3n) is 5.06. The number of para-hydroxylation sites is 1. The predicted octanol–water partition coefficient (Wildman–Crippen LogP) is 2.68. The van der Waals surface area contributed by atoms with Crippen LogP contribution in [0.25, 0.3) is 0 Å². The first kappa shape index (κ1) is 14.3. The van der Waals surface area contributed by atoms with Gasteiger partial charge in [-0.25, -0.2) is 0 Å². The third kappa shape index (κ3) is 2.50. The van der Waals surface area contributed by atoms with Crippen molar-refractivity contribution in [2.24, 2.45) is 0 Å². The van der Waals surface area contributed by atoms with Gasteiger partial charge in [0.15, 0.2) is 6.10 Å². The van der Waals surface area contributed by atoms with E-state index >= 15 is 0 Å². The van der Waals surface area contributed by atoms with Crippen molar-refractivity contribution >= 4 is 5.91 Å². The number of H-pyrrole nitrogens is 1. The van der Waals surface area contributed by atoms with Crippen molar-refractivity contribution in [3.8, 4) is 5.75 Å². The molecule has 2 aliphatic rings. The number of nitrogens with zero attached hydrogens (tertiary/aromatic N) is 2. The number of aromatic amines is 1. The van der Waals surface area contributed by atoms with Crippen LogP contribution in [0, 0.1) is 0 Å². The molecular weight excluding hydrogens is 290 g/mol. The monoisotopic (exact) mass is 311 g/mol. The molecule has 1 N–H and O–H groups in total. The fraction of sp³-hybridized carbons (Fsp3) is 0.444. The number of carbonyl (C=O) groups is 1. The van der Waals surface area contributed by atoms with Gasteiger partial charge in [0.25, 0.3) is 5.91 Å². The molecule has 1 aromatic carbocycles. The summed E-state index contributed by atoms with van der Waals surface area (Å²) in [5, 5.41) is 7.07. The Labute approximate surface area is 135 Å². The highest BCUT2D eigenvalue weighted by Crippen LogP contribution is 2.39. The molecule has 0 unspecified atom stereocenters. The van der Waals surface area contributed by atoms with Crippen molar-refractivity contribution < 1.29 is 9.53 Å². The maximum atomic E-state index is 13.0. The number of piperidine rings is 1. The van der Waals surface area contributed by atoms with E-state index in [1.807, 2.05) is 29.2 Å². The van der Waals surface area contributed by atoms with Gasteiger partial charge in [0.2, 0.25) is 0 Å². The van der Waals surface area contributed by atoms with Crippen LogP contribution >= 0.6 is 0 Å². The highest BCUT2D eigenvalue weighted by Gasteiger charge is 2.39. The number of benzene rings is 1. The SMILES string of the molecule is C[C@@H]1c2ccccc2O[C@@H]1C(=O)N1CCC[C@H](c2ccn[nH]2)C1. The maximum absolute atomic E-state index is 13.0. The lowest BCUT2D eigenvalue weighted by Crippen LogP contribution is -2.46. The average Bonchev–Trinajstić information content (AvgIpc) is 3.23. The summed E-state index contributed by atoms with van der Waals surface area (Å²) < 4.78 is 5.95. The van der Waals surface area contributed by atoms with Gasteiger partial charge in [-0.3, -0.25) is 9.89 Å². The van der Waals surface area contributed by atoms with Crippen LogP contribution in [-0.2, 0) is 4.79 Å². The lowest BCUT2D eigenvalue weighted by molar-refractivity contribution is -0.140. The van der Waals surface area contributed by atoms with E-state index in [2.05, 4.69) is 23.2 Å². The molecule has 1 aromatic heterocycles. The van der Waals surface area contributed by atoms with Crippen molar-refractivity contribution in [1.29, 1.82) is 0 Å². The molecule has 1 amide bonds. The maximum Gasteiger partial charge on any atom is 0.264 e. The van der Waals surface area contributed by atoms with Gasteiger partial charge in [-0.2, -0.15) is 5.10 Å². The molecule has 1 saturated heterocycles. The van der Waals surface area contributed by atoms with Crippen LogP contribution in [0.1, 0.15) is 42.9 Å². The Hall–Kier alpha value is -2.30. The van der Waals surface area contributed by atoms with Crippen LogP contribution in [0.2, 0.25) is 0 Å². The largest absolute Gasteiger partial charge is 0.480 e. The van der Waals surface area contributed by atoms with E-state index in [4.69, 9.17) is 4.74 Å². The molecule has 0 saturated carbocycles. The number of hydrogen-bond acceptors (Lipinski definition) is 3. The quantitative estimate of drug-likeness (QED) is 0.927. The average molecular weight is 311 g/mol. The molecule has 3 heterocycles. The van der Waals surface area contributed by atoms with Gasteiger partial charge in [0, 0.05) is 42.4 Å². The summed E-state index contributed by atoms with van der Waals surface area (Å²) in [5.74, 6) is 1.40. The van der Waals surface area contributed by atoms with Crippen molar-refractivity contribution in [3.05, 3.63) is 47.8 Å². The van der Waals surface area contributed by atoms with Crippen molar-refractivity contribution in [3.63, 3.8) is 0 Å². The summed E-state index contributed by atoms with van der Waals surface area (Å²) in [6.07, 6.45) is 3.49. The lowest BCUT2D eigenvalue weighted by atomic mass is 9.92. The molecule has 0 bridgehead atoms. The smallest absolute Gasteiger partial charge is 0.264 e. The van der Waals surface area contributed by atoms with Gasteiger partial charge >= 0.3 is 0 Å². The summed E-state index contributed by atoms with van der Waals surface area (Å²) in [6, 6.07) is 9.96. The second kappa shape index (κ2) is 5.72. The van der Waals surface area contributed by atoms with E-state index in [1.54, 1.807) is 6.20 Å². The second-order valence-electron chi connectivity index (χ2n) is 6.50. The van der Waals surface area contributed by atoms with Crippen LogP contribution in [0.5, 0.6) is 5.75 Å². The zero-order chi connectivity index (χ0) is 15.8. The van der Waals surface area contributed by atoms with E-state index in [0.717, 1.165) is 42.9 Å². The number of aromatic nitrogens is 2. The van der Waals surface area contributed by atoms with Gasteiger partial charge in [0.05, 0.1) is 0 Å². The summed E-state index contributed by atoms with van der Waals surface area (Å²) in [5.41, 5.74) is 2.25. The molecule has 3 atom stereocenters. The standard InChI is InChI=1S/C18H21N3O2/c1-12-14-6-2-3-7-16(14)23-17(12)18(22)21-10-4-5-13(11-21)15-8-9-19-20-15/h2-3,6-9,12-13,17H,4-5,10-11H2,1H3,(H,19,20)/t12-,13+,17+/m1/s1. The normalized spacial score (nSPS) is 26.7. The van der Waals surface area contributed by atoms with Crippen LogP contribution in [0.4, 0.5) is 0 Å². The highest BCUT2D eigenvalue weighted by molar-refractivity contribution is 5.83. The molecule has 1 fully saturated rings. The van der Waals surface area contributed by atoms with Gasteiger partial charge in [-0.05, 0) is 25.0 Å². The Morgan fingerprint density at radius 3 is 3.00 bits per heavy atom. The number of hydrogen-bond donors (Lipinski definition) is 1. The van der Waals surface area contributed by atoms with Crippen LogP contribution in [-0.4, -0.2) is 40.2 Å². The number of rotatable bonds is 2. The predicted molar refractivity (Wildman–Crippen MR) is 86.4 cm³/mol. The summed E-state index contributed by atoms with van der Waals surface area (Å²) >= 11 is 0. The fourth-order valence-corrected chi connectivity index (χ4v) is 3.74. The van der Waals surface area contributed by atoms with Crippen LogP contribution in [0.15, 0.2) is 36.5 Å².